The number of fused-ring (bicyclic) bond motifs is 2. The van der Waals surface area contributed by atoms with Gasteiger partial charge in [0.1, 0.15) is 0 Å². The van der Waals surface area contributed by atoms with Gasteiger partial charge in [0.05, 0.1) is 12.5 Å². The second-order valence-electron chi connectivity index (χ2n) is 4.82. The highest BCUT2D eigenvalue weighted by Gasteiger charge is 2.39. The Balaban J connectivity index is 1.96. The minimum absolute atomic E-state index is 0.0779. The number of Topliss-reactive ketones (excluding diaryl/α,β-unsaturated/α-hetero) is 1. The van der Waals surface area contributed by atoms with Crippen molar-refractivity contribution < 1.29 is 14.3 Å². The summed E-state index contributed by atoms with van der Waals surface area (Å²) in [7, 11) is 0. The number of aryl methyl sites for hydroxylation is 1. The molecule has 1 heterocycles. The molecule has 2 aliphatic rings. The molecule has 17 heavy (non-hydrogen) atoms. The molecule has 0 amide bonds. The molecule has 1 aliphatic carbocycles. The molecule has 0 bridgehead atoms. The number of carbonyl (C=O) groups excluding carboxylic acids is 2. The zero-order valence-corrected chi connectivity index (χ0v) is 9.52. The molecule has 1 aliphatic heterocycles. The molecule has 3 heteroatoms. The highest BCUT2D eigenvalue weighted by atomic mass is 16.5. The number of cyclic esters (lactones) is 1. The van der Waals surface area contributed by atoms with Gasteiger partial charge in [-0.3, -0.25) is 9.59 Å². The molecule has 0 saturated carbocycles. The van der Waals surface area contributed by atoms with Gasteiger partial charge in [-0.25, -0.2) is 0 Å². The van der Waals surface area contributed by atoms with E-state index in [4.69, 9.17) is 4.74 Å². The maximum atomic E-state index is 12.1. The molecular formula is C14H14O3. The van der Waals surface area contributed by atoms with E-state index >= 15 is 0 Å². The lowest BCUT2D eigenvalue weighted by molar-refractivity contribution is -0.141. The number of esters is 1. The topological polar surface area (TPSA) is 43.4 Å². The van der Waals surface area contributed by atoms with E-state index in [9.17, 15) is 9.59 Å². The van der Waals surface area contributed by atoms with Gasteiger partial charge in [0.2, 0.25) is 0 Å². The van der Waals surface area contributed by atoms with Crippen LogP contribution in [0.1, 0.15) is 28.8 Å². The number of ether oxygens (including phenoxy) is 1. The van der Waals surface area contributed by atoms with Gasteiger partial charge in [0.25, 0.3) is 0 Å². The highest BCUT2D eigenvalue weighted by Crippen LogP contribution is 2.33. The summed E-state index contributed by atoms with van der Waals surface area (Å²) >= 11 is 0. The van der Waals surface area contributed by atoms with E-state index < -0.39 is 0 Å². The van der Waals surface area contributed by atoms with Crippen molar-refractivity contribution in [3.63, 3.8) is 0 Å². The van der Waals surface area contributed by atoms with Gasteiger partial charge in [-0.15, -0.1) is 0 Å². The van der Waals surface area contributed by atoms with Crippen LogP contribution in [0, 0.1) is 11.8 Å². The van der Waals surface area contributed by atoms with Crippen LogP contribution in [0.5, 0.6) is 0 Å². The summed E-state index contributed by atoms with van der Waals surface area (Å²) in [5, 5.41) is 0. The Morgan fingerprint density at radius 2 is 2.00 bits per heavy atom. The fourth-order valence-corrected chi connectivity index (χ4v) is 2.80. The summed E-state index contributed by atoms with van der Waals surface area (Å²) in [4.78, 5) is 23.7. The van der Waals surface area contributed by atoms with Gasteiger partial charge >= 0.3 is 5.97 Å². The van der Waals surface area contributed by atoms with E-state index in [0.717, 1.165) is 24.0 Å². The third-order valence-corrected chi connectivity index (χ3v) is 3.82. The number of ketones is 1. The van der Waals surface area contributed by atoms with Crippen LogP contribution in [0.3, 0.4) is 0 Å². The number of hydrogen-bond acceptors (Lipinski definition) is 3. The fraction of sp³-hybridized carbons (Fsp3) is 0.429. The summed E-state index contributed by atoms with van der Waals surface area (Å²) in [5.41, 5.74) is 1.89. The van der Waals surface area contributed by atoms with Crippen LogP contribution in [0.25, 0.3) is 0 Å². The molecule has 3 nitrogen and oxygen atoms in total. The van der Waals surface area contributed by atoms with Crippen molar-refractivity contribution in [3.05, 3.63) is 35.4 Å². The normalized spacial score (nSPS) is 27.8. The van der Waals surface area contributed by atoms with Crippen LogP contribution >= 0.6 is 0 Å². The molecule has 0 radical (unpaired) electrons. The zero-order valence-electron chi connectivity index (χ0n) is 9.52. The molecule has 0 aromatic heterocycles. The zero-order chi connectivity index (χ0) is 11.8. The molecule has 0 N–H and O–H groups in total. The average molecular weight is 230 g/mol. The molecule has 88 valence electrons. The summed E-state index contributed by atoms with van der Waals surface area (Å²) in [6.45, 7) is 0.485. The summed E-state index contributed by atoms with van der Waals surface area (Å²) in [6, 6.07) is 7.70. The summed E-state index contributed by atoms with van der Waals surface area (Å²) in [6.07, 6.45) is 2.10. The van der Waals surface area contributed by atoms with Crippen molar-refractivity contribution >= 4 is 11.8 Å². The number of hydrogen-bond donors (Lipinski definition) is 0. The van der Waals surface area contributed by atoms with Gasteiger partial charge in [0, 0.05) is 17.9 Å². The number of carbonyl (C=O) groups is 2. The molecular weight excluding hydrogens is 216 g/mol. The number of rotatable bonds is 0. The second kappa shape index (κ2) is 3.99. The first-order chi connectivity index (χ1) is 8.25. The molecule has 0 unspecified atom stereocenters. The quantitative estimate of drug-likeness (QED) is 0.640. The molecule has 3 rings (SSSR count). The van der Waals surface area contributed by atoms with Crippen LogP contribution in [0.15, 0.2) is 24.3 Å². The monoisotopic (exact) mass is 230 g/mol. The van der Waals surface area contributed by atoms with E-state index in [2.05, 4.69) is 0 Å². The third-order valence-electron chi connectivity index (χ3n) is 3.82. The first-order valence-corrected chi connectivity index (χ1v) is 6.03. The lowest BCUT2D eigenvalue weighted by Crippen LogP contribution is -2.23. The Bertz CT molecular complexity index is 478. The number of benzene rings is 1. The lowest BCUT2D eigenvalue weighted by Gasteiger charge is -2.19. The van der Waals surface area contributed by atoms with E-state index in [-0.39, 0.29) is 23.6 Å². The Labute approximate surface area is 99.8 Å². The maximum absolute atomic E-state index is 12.1. The van der Waals surface area contributed by atoms with Crippen LogP contribution in [-0.2, 0) is 16.0 Å². The van der Waals surface area contributed by atoms with Gasteiger partial charge in [-0.05, 0) is 18.4 Å². The fourth-order valence-electron chi connectivity index (χ4n) is 2.80. The third kappa shape index (κ3) is 1.75. The van der Waals surface area contributed by atoms with Crippen molar-refractivity contribution in [2.75, 3.05) is 6.61 Å². The van der Waals surface area contributed by atoms with Crippen molar-refractivity contribution in [1.29, 1.82) is 0 Å². The largest absolute Gasteiger partial charge is 0.465 e. The second-order valence-corrected chi connectivity index (χ2v) is 4.82. The van der Waals surface area contributed by atoms with E-state index in [1.165, 1.54) is 0 Å². The molecule has 1 fully saturated rings. The van der Waals surface area contributed by atoms with Gasteiger partial charge in [-0.2, -0.15) is 0 Å². The van der Waals surface area contributed by atoms with Crippen molar-refractivity contribution in [1.82, 2.24) is 0 Å². The van der Waals surface area contributed by atoms with Crippen molar-refractivity contribution in [2.24, 2.45) is 11.8 Å². The van der Waals surface area contributed by atoms with Gasteiger partial charge < -0.3 is 4.74 Å². The summed E-state index contributed by atoms with van der Waals surface area (Å²) < 4.78 is 5.07. The standard InChI is InChI=1S/C14H14O3/c15-13-7-12-10(8-17-14(12)16)6-5-9-3-1-2-4-11(9)13/h1-4,10,12H,5-8H2/t10-,12+/m0/s1. The Morgan fingerprint density at radius 1 is 1.18 bits per heavy atom. The molecule has 1 aromatic carbocycles. The Hall–Kier alpha value is -1.64. The molecule has 2 atom stereocenters. The molecule has 1 saturated heterocycles. The van der Waals surface area contributed by atoms with E-state index in [1.807, 2.05) is 24.3 Å². The first-order valence-electron chi connectivity index (χ1n) is 6.03. The van der Waals surface area contributed by atoms with Crippen LogP contribution in [-0.4, -0.2) is 18.4 Å². The van der Waals surface area contributed by atoms with Crippen LogP contribution in [0.4, 0.5) is 0 Å². The molecule has 0 spiro atoms. The van der Waals surface area contributed by atoms with Crippen LogP contribution < -0.4 is 0 Å². The van der Waals surface area contributed by atoms with Crippen molar-refractivity contribution in [3.8, 4) is 0 Å². The minimum atomic E-state index is -0.212. The Morgan fingerprint density at radius 3 is 2.88 bits per heavy atom. The van der Waals surface area contributed by atoms with E-state index in [0.29, 0.717) is 13.0 Å². The molecule has 1 aromatic rings. The van der Waals surface area contributed by atoms with Crippen molar-refractivity contribution in [2.45, 2.75) is 19.3 Å². The van der Waals surface area contributed by atoms with Crippen LogP contribution in [0.2, 0.25) is 0 Å². The van der Waals surface area contributed by atoms with Gasteiger partial charge in [-0.1, -0.05) is 24.3 Å². The SMILES string of the molecule is O=C1C[C@H]2C(=O)OC[C@@H]2CCc2ccccc21. The minimum Gasteiger partial charge on any atom is -0.465 e. The first kappa shape index (κ1) is 10.5. The predicted octanol–water partition coefficient (Wildman–Crippen LogP) is 1.99. The Kier molecular flexibility index (Phi) is 2.46. The van der Waals surface area contributed by atoms with E-state index in [1.54, 1.807) is 0 Å². The maximum Gasteiger partial charge on any atom is 0.309 e. The average Bonchev–Trinajstić information content (AvgIpc) is 2.66. The smallest absolute Gasteiger partial charge is 0.309 e. The lowest BCUT2D eigenvalue weighted by atomic mass is 9.81. The van der Waals surface area contributed by atoms with Gasteiger partial charge in [0.15, 0.2) is 5.78 Å². The summed E-state index contributed by atoms with van der Waals surface area (Å²) in [5.74, 6) is -0.104. The highest BCUT2D eigenvalue weighted by molar-refractivity contribution is 5.99. The predicted molar refractivity (Wildman–Crippen MR) is 61.6 cm³/mol.